The summed E-state index contributed by atoms with van der Waals surface area (Å²) in [6, 6.07) is 1.43. The van der Waals surface area contributed by atoms with Crippen molar-refractivity contribution in [1.82, 2.24) is 15.0 Å². The first-order valence-electron chi connectivity index (χ1n) is 6.85. The van der Waals surface area contributed by atoms with Gasteiger partial charge in [0.25, 0.3) is 0 Å². The highest BCUT2D eigenvalue weighted by Gasteiger charge is 2.35. The Morgan fingerprint density at radius 2 is 1.95 bits per heavy atom. The van der Waals surface area contributed by atoms with E-state index in [-0.39, 0.29) is 11.9 Å². The van der Waals surface area contributed by atoms with Gasteiger partial charge in [0, 0.05) is 32.2 Å². The number of primary amides is 1. The highest BCUT2D eigenvalue weighted by molar-refractivity contribution is 5.88. The zero-order valence-electron chi connectivity index (χ0n) is 12.5. The van der Waals surface area contributed by atoms with E-state index in [1.807, 2.05) is 4.90 Å². The zero-order valence-corrected chi connectivity index (χ0v) is 12.5. The number of piperazine rings is 1. The van der Waals surface area contributed by atoms with E-state index in [4.69, 9.17) is 10.3 Å². The van der Waals surface area contributed by atoms with Crippen molar-refractivity contribution >= 4 is 17.8 Å². The maximum Gasteiger partial charge on any atom is 0.323 e. The molecule has 8 heteroatoms. The standard InChI is InChI=1S/C13H21N5O3/c1-9-8-10(16-21-9)15-12(20)17-4-6-18(7-5-17)13(2,3)11(14)19/h8H,4-7H2,1-3H3,(H2,14,19)(H,15,16,20). The SMILES string of the molecule is Cc1cc(NC(=O)N2CCN(C(C)(C)C(N)=O)CC2)no1. The second-order valence-electron chi connectivity index (χ2n) is 5.65. The van der Waals surface area contributed by atoms with Crippen molar-refractivity contribution in [3.8, 4) is 0 Å². The quantitative estimate of drug-likeness (QED) is 0.839. The molecule has 2 rings (SSSR count). The van der Waals surface area contributed by atoms with E-state index < -0.39 is 5.54 Å². The molecule has 0 atom stereocenters. The molecule has 0 bridgehead atoms. The van der Waals surface area contributed by atoms with Crippen molar-refractivity contribution in [1.29, 1.82) is 0 Å². The number of hydrogen-bond donors (Lipinski definition) is 2. The maximum atomic E-state index is 12.1. The Morgan fingerprint density at radius 3 is 2.43 bits per heavy atom. The number of rotatable bonds is 3. The van der Waals surface area contributed by atoms with Gasteiger partial charge in [-0.15, -0.1) is 0 Å². The topological polar surface area (TPSA) is 105 Å². The van der Waals surface area contributed by atoms with Crippen LogP contribution < -0.4 is 11.1 Å². The fourth-order valence-corrected chi connectivity index (χ4v) is 2.24. The lowest BCUT2D eigenvalue weighted by atomic mass is 10.0. The average molecular weight is 295 g/mol. The van der Waals surface area contributed by atoms with Crippen LogP contribution in [0.1, 0.15) is 19.6 Å². The number of carbonyl (C=O) groups is 2. The molecule has 1 saturated heterocycles. The summed E-state index contributed by atoms with van der Waals surface area (Å²) in [5.74, 6) is 0.675. The lowest BCUT2D eigenvalue weighted by Gasteiger charge is -2.42. The normalized spacial score (nSPS) is 16.8. The molecule has 8 nitrogen and oxygen atoms in total. The molecule has 0 aromatic carbocycles. The van der Waals surface area contributed by atoms with Gasteiger partial charge in [-0.2, -0.15) is 0 Å². The molecule has 0 radical (unpaired) electrons. The highest BCUT2D eigenvalue weighted by atomic mass is 16.5. The third kappa shape index (κ3) is 3.33. The lowest BCUT2D eigenvalue weighted by Crippen LogP contribution is -2.60. The molecule has 3 amide bonds. The van der Waals surface area contributed by atoms with Crippen molar-refractivity contribution in [3.05, 3.63) is 11.8 Å². The van der Waals surface area contributed by atoms with Gasteiger partial charge in [-0.3, -0.25) is 15.0 Å². The monoisotopic (exact) mass is 295 g/mol. The van der Waals surface area contributed by atoms with Crippen molar-refractivity contribution in [3.63, 3.8) is 0 Å². The molecular weight excluding hydrogens is 274 g/mol. The maximum absolute atomic E-state index is 12.1. The third-order valence-electron chi connectivity index (χ3n) is 3.82. The molecule has 116 valence electrons. The summed E-state index contributed by atoms with van der Waals surface area (Å²) in [7, 11) is 0. The second kappa shape index (κ2) is 5.72. The zero-order chi connectivity index (χ0) is 15.6. The van der Waals surface area contributed by atoms with Gasteiger partial charge in [-0.25, -0.2) is 4.79 Å². The number of anilines is 1. The molecule has 0 spiro atoms. The Morgan fingerprint density at radius 1 is 1.33 bits per heavy atom. The van der Waals surface area contributed by atoms with Crippen LogP contribution in [0.5, 0.6) is 0 Å². The first kappa shape index (κ1) is 15.3. The summed E-state index contributed by atoms with van der Waals surface area (Å²) in [5.41, 5.74) is 4.71. The van der Waals surface area contributed by atoms with Crippen LogP contribution in [0.2, 0.25) is 0 Å². The Labute approximate surface area is 123 Å². The Hall–Kier alpha value is -2.09. The van der Waals surface area contributed by atoms with Crippen LogP contribution in [0.25, 0.3) is 0 Å². The van der Waals surface area contributed by atoms with Crippen LogP contribution in [0.15, 0.2) is 10.6 Å². The van der Waals surface area contributed by atoms with Gasteiger partial charge < -0.3 is 15.2 Å². The van der Waals surface area contributed by atoms with Crippen LogP contribution in [0.3, 0.4) is 0 Å². The van der Waals surface area contributed by atoms with Crippen LogP contribution in [-0.4, -0.2) is 58.6 Å². The lowest BCUT2D eigenvalue weighted by molar-refractivity contribution is -0.129. The minimum atomic E-state index is -0.703. The van der Waals surface area contributed by atoms with Crippen molar-refractivity contribution in [2.75, 3.05) is 31.5 Å². The molecule has 1 aromatic heterocycles. The summed E-state index contributed by atoms with van der Waals surface area (Å²) in [6.45, 7) is 7.60. The minimum absolute atomic E-state index is 0.222. The average Bonchev–Trinajstić information content (AvgIpc) is 2.84. The number of carbonyl (C=O) groups excluding carboxylic acids is 2. The summed E-state index contributed by atoms with van der Waals surface area (Å²) < 4.78 is 4.90. The number of nitrogens with zero attached hydrogens (tertiary/aromatic N) is 3. The number of aryl methyl sites for hydroxylation is 1. The Kier molecular flexibility index (Phi) is 4.17. The first-order valence-corrected chi connectivity index (χ1v) is 6.85. The Bertz CT molecular complexity index is 532. The fourth-order valence-electron chi connectivity index (χ4n) is 2.24. The molecule has 2 heterocycles. The molecule has 21 heavy (non-hydrogen) atoms. The summed E-state index contributed by atoms with van der Waals surface area (Å²) in [6.07, 6.45) is 0. The van der Waals surface area contributed by atoms with Crippen molar-refractivity contribution in [2.24, 2.45) is 5.73 Å². The third-order valence-corrected chi connectivity index (χ3v) is 3.82. The molecule has 1 aromatic rings. The van der Waals surface area contributed by atoms with E-state index in [9.17, 15) is 9.59 Å². The molecule has 1 aliphatic heterocycles. The van der Waals surface area contributed by atoms with E-state index in [1.54, 1.807) is 31.7 Å². The highest BCUT2D eigenvalue weighted by Crippen LogP contribution is 2.17. The molecular formula is C13H21N5O3. The fraction of sp³-hybridized carbons (Fsp3) is 0.615. The largest absolute Gasteiger partial charge is 0.368 e. The molecule has 0 saturated carbocycles. The number of urea groups is 1. The minimum Gasteiger partial charge on any atom is -0.368 e. The number of hydrogen-bond acceptors (Lipinski definition) is 5. The predicted molar refractivity (Wildman–Crippen MR) is 76.7 cm³/mol. The van der Waals surface area contributed by atoms with Crippen LogP contribution in [-0.2, 0) is 4.79 Å². The van der Waals surface area contributed by atoms with Gasteiger partial charge in [0.15, 0.2) is 5.82 Å². The first-order chi connectivity index (χ1) is 9.80. The van der Waals surface area contributed by atoms with Crippen LogP contribution in [0.4, 0.5) is 10.6 Å². The molecule has 1 fully saturated rings. The van der Waals surface area contributed by atoms with E-state index in [1.165, 1.54) is 0 Å². The molecule has 0 aliphatic carbocycles. The Balaban J connectivity index is 1.89. The van der Waals surface area contributed by atoms with Gasteiger partial charge in [0.2, 0.25) is 5.91 Å². The van der Waals surface area contributed by atoms with Crippen LogP contribution >= 0.6 is 0 Å². The number of aromatic nitrogens is 1. The predicted octanol–water partition coefficient (Wildman–Crippen LogP) is 0.396. The molecule has 1 aliphatic rings. The summed E-state index contributed by atoms with van der Waals surface area (Å²) in [4.78, 5) is 27.2. The van der Waals surface area contributed by atoms with Crippen molar-refractivity contribution in [2.45, 2.75) is 26.3 Å². The molecule has 3 N–H and O–H groups in total. The van der Waals surface area contributed by atoms with E-state index in [0.29, 0.717) is 37.8 Å². The van der Waals surface area contributed by atoms with Crippen molar-refractivity contribution < 1.29 is 14.1 Å². The van der Waals surface area contributed by atoms with E-state index in [0.717, 1.165) is 0 Å². The summed E-state index contributed by atoms with van der Waals surface area (Å²) >= 11 is 0. The van der Waals surface area contributed by atoms with E-state index in [2.05, 4.69) is 10.5 Å². The number of amides is 3. The second-order valence-corrected chi connectivity index (χ2v) is 5.65. The van der Waals surface area contributed by atoms with E-state index >= 15 is 0 Å². The van der Waals surface area contributed by atoms with Gasteiger partial charge in [-0.05, 0) is 20.8 Å². The summed E-state index contributed by atoms with van der Waals surface area (Å²) in [5, 5.41) is 6.40. The van der Waals surface area contributed by atoms with Gasteiger partial charge in [-0.1, -0.05) is 5.16 Å². The van der Waals surface area contributed by atoms with Gasteiger partial charge in [0.1, 0.15) is 5.76 Å². The number of nitrogens with one attached hydrogen (secondary N) is 1. The smallest absolute Gasteiger partial charge is 0.323 e. The molecule has 0 unspecified atom stereocenters. The van der Waals surface area contributed by atoms with Gasteiger partial charge in [0.05, 0.1) is 5.54 Å². The van der Waals surface area contributed by atoms with Crippen LogP contribution in [0, 0.1) is 6.92 Å². The van der Waals surface area contributed by atoms with Gasteiger partial charge >= 0.3 is 6.03 Å². The number of nitrogens with two attached hydrogens (primary N) is 1.